The zero-order valence-electron chi connectivity index (χ0n) is 14.4. The third-order valence-electron chi connectivity index (χ3n) is 4.77. The summed E-state index contributed by atoms with van der Waals surface area (Å²) in [5.41, 5.74) is 7.53. The van der Waals surface area contributed by atoms with Gasteiger partial charge in [0.25, 0.3) is 0 Å². The molecule has 0 aliphatic carbocycles. The summed E-state index contributed by atoms with van der Waals surface area (Å²) in [6.07, 6.45) is 2.91. The van der Waals surface area contributed by atoms with Crippen molar-refractivity contribution >= 4 is 17.0 Å². The van der Waals surface area contributed by atoms with E-state index in [1.54, 1.807) is 0 Å². The standard InChI is InChI=1S/C24H21N/c1-3-18-12-8-9-15-20(18)24-21-16-10-11-17-23(21)25(22(24)4-2)19-13-6-5-7-14-19/h3,5-17H,1,4H2,2H3. The van der Waals surface area contributed by atoms with Crippen molar-refractivity contribution in [2.45, 2.75) is 13.3 Å². The maximum atomic E-state index is 4.01. The van der Waals surface area contributed by atoms with Crippen molar-refractivity contribution in [1.29, 1.82) is 0 Å². The van der Waals surface area contributed by atoms with Crippen molar-refractivity contribution in [3.8, 4) is 16.8 Å². The highest BCUT2D eigenvalue weighted by molar-refractivity contribution is 6.01. The third kappa shape index (κ3) is 2.49. The Hall–Kier alpha value is -3.06. The van der Waals surface area contributed by atoms with Crippen LogP contribution >= 0.6 is 0 Å². The fraction of sp³-hybridized carbons (Fsp3) is 0.0833. The third-order valence-corrected chi connectivity index (χ3v) is 4.77. The lowest BCUT2D eigenvalue weighted by molar-refractivity contribution is 0.963. The summed E-state index contributed by atoms with van der Waals surface area (Å²) in [7, 11) is 0. The molecule has 0 unspecified atom stereocenters. The van der Waals surface area contributed by atoms with Crippen LogP contribution in [0.2, 0.25) is 0 Å². The predicted molar refractivity (Wildman–Crippen MR) is 108 cm³/mol. The first kappa shape index (κ1) is 15.5. The summed E-state index contributed by atoms with van der Waals surface area (Å²) in [6, 6.07) is 27.8. The van der Waals surface area contributed by atoms with Gasteiger partial charge >= 0.3 is 0 Å². The van der Waals surface area contributed by atoms with Crippen LogP contribution in [0.4, 0.5) is 0 Å². The lowest BCUT2D eigenvalue weighted by Gasteiger charge is -2.12. The topological polar surface area (TPSA) is 4.93 Å². The van der Waals surface area contributed by atoms with Crippen LogP contribution in [0.1, 0.15) is 18.2 Å². The van der Waals surface area contributed by atoms with Crippen molar-refractivity contribution < 1.29 is 0 Å². The van der Waals surface area contributed by atoms with Crippen LogP contribution in [-0.2, 0) is 6.42 Å². The minimum absolute atomic E-state index is 0.963. The summed E-state index contributed by atoms with van der Waals surface area (Å²) >= 11 is 0. The summed E-state index contributed by atoms with van der Waals surface area (Å²) < 4.78 is 2.39. The smallest absolute Gasteiger partial charge is 0.0537 e. The number of hydrogen-bond acceptors (Lipinski definition) is 0. The molecule has 0 fully saturated rings. The summed E-state index contributed by atoms with van der Waals surface area (Å²) in [6.45, 7) is 6.24. The highest BCUT2D eigenvalue weighted by Gasteiger charge is 2.19. The monoisotopic (exact) mass is 323 g/mol. The zero-order chi connectivity index (χ0) is 17.2. The molecular weight excluding hydrogens is 302 g/mol. The molecule has 0 bridgehead atoms. The molecule has 122 valence electrons. The lowest BCUT2D eigenvalue weighted by Crippen LogP contribution is -2.00. The zero-order valence-corrected chi connectivity index (χ0v) is 14.4. The van der Waals surface area contributed by atoms with Gasteiger partial charge < -0.3 is 4.57 Å². The Morgan fingerprint density at radius 3 is 2.28 bits per heavy atom. The van der Waals surface area contributed by atoms with Crippen LogP contribution in [0.15, 0.2) is 85.4 Å². The van der Waals surface area contributed by atoms with Gasteiger partial charge in [-0.05, 0) is 35.7 Å². The van der Waals surface area contributed by atoms with E-state index in [1.165, 1.54) is 39.0 Å². The largest absolute Gasteiger partial charge is 0.313 e. The molecule has 1 heteroatoms. The Balaban J connectivity index is 2.14. The molecule has 1 aromatic heterocycles. The summed E-state index contributed by atoms with van der Waals surface area (Å²) in [5.74, 6) is 0. The predicted octanol–water partition coefficient (Wildman–Crippen LogP) is 6.50. The molecule has 0 spiro atoms. The maximum absolute atomic E-state index is 4.01. The van der Waals surface area contributed by atoms with Gasteiger partial charge in [0.15, 0.2) is 0 Å². The average Bonchev–Trinajstić information content (AvgIpc) is 3.02. The Morgan fingerprint density at radius 1 is 0.840 bits per heavy atom. The maximum Gasteiger partial charge on any atom is 0.0537 e. The van der Waals surface area contributed by atoms with E-state index in [2.05, 4.69) is 96.9 Å². The molecule has 1 nitrogen and oxygen atoms in total. The van der Waals surface area contributed by atoms with Gasteiger partial charge in [-0.15, -0.1) is 0 Å². The van der Waals surface area contributed by atoms with E-state index in [1.807, 2.05) is 6.08 Å². The van der Waals surface area contributed by atoms with Gasteiger partial charge in [0.05, 0.1) is 5.52 Å². The molecule has 0 atom stereocenters. The van der Waals surface area contributed by atoms with Crippen LogP contribution in [0.5, 0.6) is 0 Å². The molecule has 4 rings (SSSR count). The number of hydrogen-bond donors (Lipinski definition) is 0. The van der Waals surface area contributed by atoms with Gasteiger partial charge in [0.2, 0.25) is 0 Å². The second kappa shape index (κ2) is 6.45. The molecule has 0 aliphatic rings. The van der Waals surface area contributed by atoms with E-state index in [9.17, 15) is 0 Å². The first-order valence-corrected chi connectivity index (χ1v) is 8.74. The molecule has 0 amide bonds. The van der Waals surface area contributed by atoms with Crippen molar-refractivity contribution in [2.75, 3.05) is 0 Å². The Kier molecular flexibility index (Phi) is 3.99. The van der Waals surface area contributed by atoms with Crippen LogP contribution in [0.25, 0.3) is 33.8 Å². The van der Waals surface area contributed by atoms with E-state index in [0.717, 1.165) is 6.42 Å². The molecule has 25 heavy (non-hydrogen) atoms. The van der Waals surface area contributed by atoms with Gasteiger partial charge in [-0.1, -0.05) is 80.2 Å². The van der Waals surface area contributed by atoms with Crippen LogP contribution < -0.4 is 0 Å². The molecule has 0 N–H and O–H groups in total. The Morgan fingerprint density at radius 2 is 1.52 bits per heavy atom. The van der Waals surface area contributed by atoms with E-state index >= 15 is 0 Å². The van der Waals surface area contributed by atoms with Crippen LogP contribution in [-0.4, -0.2) is 4.57 Å². The number of nitrogens with zero attached hydrogens (tertiary/aromatic N) is 1. The molecule has 4 aromatic rings. The van der Waals surface area contributed by atoms with Gasteiger partial charge in [-0.3, -0.25) is 0 Å². The van der Waals surface area contributed by atoms with Gasteiger partial charge in [-0.2, -0.15) is 0 Å². The highest BCUT2D eigenvalue weighted by atomic mass is 15.0. The fourth-order valence-corrected chi connectivity index (χ4v) is 3.70. The number of para-hydroxylation sites is 2. The fourth-order valence-electron chi connectivity index (χ4n) is 3.70. The average molecular weight is 323 g/mol. The SMILES string of the molecule is C=Cc1ccccc1-c1c(CC)n(-c2ccccc2)c2ccccc12. The quantitative estimate of drug-likeness (QED) is 0.404. The first-order valence-electron chi connectivity index (χ1n) is 8.74. The second-order valence-corrected chi connectivity index (χ2v) is 6.15. The van der Waals surface area contributed by atoms with Crippen LogP contribution in [0, 0.1) is 0 Å². The Labute approximate surface area is 148 Å². The van der Waals surface area contributed by atoms with E-state index in [0.29, 0.717) is 0 Å². The normalized spacial score (nSPS) is 10.9. The number of rotatable bonds is 4. The minimum Gasteiger partial charge on any atom is -0.313 e. The first-order chi connectivity index (χ1) is 12.3. The van der Waals surface area contributed by atoms with E-state index < -0.39 is 0 Å². The molecule has 0 saturated heterocycles. The second-order valence-electron chi connectivity index (χ2n) is 6.15. The number of benzene rings is 3. The van der Waals surface area contributed by atoms with Crippen molar-refractivity contribution in [3.05, 3.63) is 96.7 Å². The molecule has 0 radical (unpaired) electrons. The summed E-state index contributed by atoms with van der Waals surface area (Å²) in [5, 5.41) is 1.29. The van der Waals surface area contributed by atoms with Crippen molar-refractivity contribution in [2.24, 2.45) is 0 Å². The minimum atomic E-state index is 0.963. The number of aromatic nitrogens is 1. The highest BCUT2D eigenvalue weighted by Crippen LogP contribution is 2.39. The number of fused-ring (bicyclic) bond motifs is 1. The lowest BCUT2D eigenvalue weighted by atomic mass is 9.96. The van der Waals surface area contributed by atoms with E-state index in [4.69, 9.17) is 0 Å². The molecule has 1 heterocycles. The summed E-state index contributed by atoms with van der Waals surface area (Å²) in [4.78, 5) is 0. The van der Waals surface area contributed by atoms with Gasteiger partial charge in [0, 0.05) is 22.3 Å². The van der Waals surface area contributed by atoms with Crippen LogP contribution in [0.3, 0.4) is 0 Å². The van der Waals surface area contributed by atoms with Crippen molar-refractivity contribution in [3.63, 3.8) is 0 Å². The Bertz CT molecular complexity index is 1040. The van der Waals surface area contributed by atoms with E-state index in [-0.39, 0.29) is 0 Å². The molecule has 0 saturated carbocycles. The molecule has 0 aliphatic heterocycles. The molecular formula is C24H21N. The van der Waals surface area contributed by atoms with Crippen molar-refractivity contribution in [1.82, 2.24) is 4.57 Å². The molecule has 3 aromatic carbocycles. The van der Waals surface area contributed by atoms with Gasteiger partial charge in [-0.25, -0.2) is 0 Å². The van der Waals surface area contributed by atoms with Gasteiger partial charge in [0.1, 0.15) is 0 Å².